The van der Waals surface area contributed by atoms with E-state index < -0.39 is 42.5 Å². The fraction of sp³-hybridized carbons (Fsp3) is 0.360. The average molecular weight is 443 g/mol. The molecule has 1 aromatic carbocycles. The lowest BCUT2D eigenvalue weighted by Crippen LogP contribution is -2.55. The minimum Gasteiger partial charge on any atom is -0.394 e. The van der Waals surface area contributed by atoms with Crippen LogP contribution in [-0.2, 0) is 10.2 Å². The summed E-state index contributed by atoms with van der Waals surface area (Å²) in [5.74, 6) is 0. The lowest BCUT2D eigenvalue weighted by Gasteiger charge is -2.40. The Balaban J connectivity index is 1.74. The van der Waals surface area contributed by atoms with Crippen molar-refractivity contribution in [1.29, 1.82) is 0 Å². The zero-order valence-corrected chi connectivity index (χ0v) is 18.2. The highest BCUT2D eigenvalue weighted by Gasteiger charge is 2.44. The molecule has 0 aromatic heterocycles. The summed E-state index contributed by atoms with van der Waals surface area (Å²) in [6.07, 6.45) is -6.02. The lowest BCUT2D eigenvalue weighted by molar-refractivity contribution is -0.231. The van der Waals surface area contributed by atoms with E-state index in [9.17, 15) is 20.4 Å². The molecule has 4 rings (SSSR count). The SMILES string of the molecule is CC(C)(c1cc2cccccc-2c1)c1cc([C@@H]2O[C@H](CO)[C@@H](O)[C@H](O)[C@H]2O)ccc1Cl. The van der Waals surface area contributed by atoms with Crippen LogP contribution in [0, 0.1) is 0 Å². The number of hydrogen-bond acceptors (Lipinski definition) is 5. The first-order chi connectivity index (χ1) is 14.7. The third-order valence-corrected chi connectivity index (χ3v) is 6.66. The fourth-order valence-corrected chi connectivity index (χ4v) is 4.66. The summed E-state index contributed by atoms with van der Waals surface area (Å²) in [6.45, 7) is 3.70. The van der Waals surface area contributed by atoms with Gasteiger partial charge in [0, 0.05) is 10.4 Å². The van der Waals surface area contributed by atoms with E-state index in [1.165, 1.54) is 0 Å². The minimum atomic E-state index is -1.43. The smallest absolute Gasteiger partial charge is 0.113 e. The molecule has 5 atom stereocenters. The van der Waals surface area contributed by atoms with Gasteiger partial charge in [0.15, 0.2) is 0 Å². The first-order valence-electron chi connectivity index (χ1n) is 10.3. The van der Waals surface area contributed by atoms with E-state index in [2.05, 4.69) is 38.1 Å². The summed E-state index contributed by atoms with van der Waals surface area (Å²) in [5.41, 5.74) is 4.39. The monoisotopic (exact) mass is 442 g/mol. The zero-order chi connectivity index (χ0) is 22.3. The van der Waals surface area contributed by atoms with Gasteiger partial charge in [0.2, 0.25) is 0 Å². The second kappa shape index (κ2) is 8.51. The van der Waals surface area contributed by atoms with E-state index in [0.717, 1.165) is 22.3 Å². The number of benzene rings is 1. The van der Waals surface area contributed by atoms with Crippen molar-refractivity contribution in [3.63, 3.8) is 0 Å². The van der Waals surface area contributed by atoms with Gasteiger partial charge in [0.05, 0.1) is 6.61 Å². The number of ether oxygens (including phenoxy) is 1. The van der Waals surface area contributed by atoms with Crippen LogP contribution in [0.2, 0.25) is 5.02 Å². The van der Waals surface area contributed by atoms with Crippen molar-refractivity contribution in [2.24, 2.45) is 0 Å². The number of halogens is 1. The third-order valence-electron chi connectivity index (χ3n) is 6.34. The Kier molecular flexibility index (Phi) is 6.10. The molecule has 4 N–H and O–H groups in total. The van der Waals surface area contributed by atoms with Crippen molar-refractivity contribution in [3.05, 3.63) is 82.4 Å². The van der Waals surface area contributed by atoms with Gasteiger partial charge < -0.3 is 25.2 Å². The van der Waals surface area contributed by atoms with Crippen LogP contribution in [0.5, 0.6) is 0 Å². The molecule has 1 aromatic rings. The quantitative estimate of drug-likeness (QED) is 0.498. The summed E-state index contributed by atoms with van der Waals surface area (Å²) < 4.78 is 5.74. The van der Waals surface area contributed by atoms with Crippen molar-refractivity contribution in [1.82, 2.24) is 0 Å². The average Bonchev–Trinajstić information content (AvgIpc) is 3.04. The van der Waals surface area contributed by atoms with Gasteiger partial charge in [0.1, 0.15) is 30.5 Å². The molecule has 1 heterocycles. The predicted octanol–water partition coefficient (Wildman–Crippen LogP) is 3.29. The molecule has 0 radical (unpaired) electrons. The highest BCUT2D eigenvalue weighted by Crippen LogP contribution is 2.42. The third kappa shape index (κ3) is 3.98. The number of aliphatic hydroxyl groups is 4. The normalized spacial score (nSPS) is 26.9. The van der Waals surface area contributed by atoms with Crippen LogP contribution in [-0.4, -0.2) is 51.4 Å². The maximum Gasteiger partial charge on any atom is 0.113 e. The van der Waals surface area contributed by atoms with E-state index in [1.807, 2.05) is 24.3 Å². The predicted molar refractivity (Wildman–Crippen MR) is 119 cm³/mol. The van der Waals surface area contributed by atoms with Crippen molar-refractivity contribution in [2.75, 3.05) is 6.61 Å². The molecule has 0 unspecified atom stereocenters. The maximum absolute atomic E-state index is 10.5. The van der Waals surface area contributed by atoms with Crippen molar-refractivity contribution in [3.8, 4) is 11.1 Å². The fourth-order valence-electron chi connectivity index (χ4n) is 4.31. The molecule has 0 spiro atoms. The number of fused-ring (bicyclic) bond motifs is 1. The molecular formula is C25H27ClO5. The molecule has 3 aliphatic rings. The molecule has 0 amide bonds. The molecule has 2 aliphatic carbocycles. The second-order valence-electron chi connectivity index (χ2n) is 8.68. The molecule has 0 bridgehead atoms. The van der Waals surface area contributed by atoms with E-state index in [1.54, 1.807) is 12.1 Å². The minimum absolute atomic E-state index is 0.446. The first kappa shape index (κ1) is 22.2. The van der Waals surface area contributed by atoms with Crippen molar-refractivity contribution >= 4 is 11.6 Å². The molecule has 31 heavy (non-hydrogen) atoms. The second-order valence-corrected chi connectivity index (χ2v) is 9.09. The Morgan fingerprint density at radius 2 is 1.52 bits per heavy atom. The Bertz CT molecular complexity index is 1000. The van der Waals surface area contributed by atoms with Gasteiger partial charge in [-0.1, -0.05) is 80.0 Å². The molecular weight excluding hydrogens is 416 g/mol. The van der Waals surface area contributed by atoms with Gasteiger partial charge in [-0.2, -0.15) is 0 Å². The van der Waals surface area contributed by atoms with Gasteiger partial charge in [-0.3, -0.25) is 0 Å². The van der Waals surface area contributed by atoms with Crippen LogP contribution in [0.1, 0.15) is 36.6 Å². The maximum atomic E-state index is 10.5. The molecule has 6 heteroatoms. The van der Waals surface area contributed by atoms with E-state index in [-0.39, 0.29) is 0 Å². The van der Waals surface area contributed by atoms with Crippen LogP contribution in [0.15, 0.2) is 60.7 Å². The van der Waals surface area contributed by atoms with Crippen LogP contribution < -0.4 is 0 Å². The molecule has 1 saturated heterocycles. The Morgan fingerprint density at radius 3 is 2.13 bits per heavy atom. The van der Waals surface area contributed by atoms with Gasteiger partial charge in [0.25, 0.3) is 0 Å². The van der Waals surface area contributed by atoms with Crippen LogP contribution in [0.3, 0.4) is 0 Å². The summed E-state index contributed by atoms with van der Waals surface area (Å²) >= 11 is 6.60. The Hall–Kier alpha value is -1.99. The largest absolute Gasteiger partial charge is 0.394 e. The molecule has 0 saturated carbocycles. The van der Waals surface area contributed by atoms with Gasteiger partial charge >= 0.3 is 0 Å². The van der Waals surface area contributed by atoms with Crippen LogP contribution in [0.4, 0.5) is 0 Å². The first-order valence-corrected chi connectivity index (χ1v) is 10.7. The van der Waals surface area contributed by atoms with Crippen LogP contribution >= 0.6 is 11.6 Å². The summed E-state index contributed by atoms with van der Waals surface area (Å²) in [7, 11) is 0. The summed E-state index contributed by atoms with van der Waals surface area (Å²) in [6, 6.07) is 19.8. The number of hydrogen-bond donors (Lipinski definition) is 4. The Labute approximate surface area is 186 Å². The van der Waals surface area contributed by atoms with Crippen molar-refractivity contribution < 1.29 is 25.2 Å². The summed E-state index contributed by atoms with van der Waals surface area (Å²) in [4.78, 5) is 0. The highest BCUT2D eigenvalue weighted by atomic mass is 35.5. The molecule has 5 nitrogen and oxygen atoms in total. The van der Waals surface area contributed by atoms with E-state index in [4.69, 9.17) is 16.3 Å². The lowest BCUT2D eigenvalue weighted by atomic mass is 9.78. The van der Waals surface area contributed by atoms with Crippen LogP contribution in [0.25, 0.3) is 11.1 Å². The van der Waals surface area contributed by atoms with E-state index >= 15 is 0 Å². The van der Waals surface area contributed by atoms with Crippen molar-refractivity contribution in [2.45, 2.75) is 49.8 Å². The van der Waals surface area contributed by atoms with Gasteiger partial charge in [-0.05, 0) is 33.9 Å². The van der Waals surface area contributed by atoms with Gasteiger partial charge in [-0.25, -0.2) is 0 Å². The zero-order valence-electron chi connectivity index (χ0n) is 17.4. The number of aliphatic hydroxyl groups excluding tert-OH is 4. The summed E-state index contributed by atoms with van der Waals surface area (Å²) in [5, 5.41) is 40.8. The topological polar surface area (TPSA) is 90.2 Å². The molecule has 1 fully saturated rings. The van der Waals surface area contributed by atoms with Gasteiger partial charge in [-0.15, -0.1) is 0 Å². The molecule has 1 aliphatic heterocycles. The number of rotatable bonds is 4. The Morgan fingerprint density at radius 1 is 0.871 bits per heavy atom. The van der Waals surface area contributed by atoms with E-state index in [0.29, 0.717) is 10.6 Å². The molecule has 164 valence electrons. The highest BCUT2D eigenvalue weighted by molar-refractivity contribution is 6.31. The standard InChI is InChI=1S/C25H27ClO5/c1-25(2,17-10-14-6-4-3-5-7-15(14)11-17)18-12-16(8-9-19(18)26)24-23(30)22(29)21(28)20(13-27)31-24/h3-12,20-24,27-30H,13H2,1-2H3/t20-,21-,22+,23-,24+/m1/s1.